The molecule has 0 aliphatic carbocycles. The van der Waals surface area contributed by atoms with E-state index in [0.29, 0.717) is 5.92 Å². The first-order valence-electron chi connectivity index (χ1n) is 5.89. The third-order valence-corrected chi connectivity index (χ3v) is 4.77. The van der Waals surface area contributed by atoms with Crippen LogP contribution in [0.2, 0.25) is 5.02 Å². The molecule has 2 rings (SSSR count). The van der Waals surface area contributed by atoms with Crippen molar-refractivity contribution in [3.63, 3.8) is 0 Å². The predicted molar refractivity (Wildman–Crippen MR) is 83.0 cm³/mol. The van der Waals surface area contributed by atoms with Crippen LogP contribution in [-0.4, -0.2) is 10.3 Å². The average molecular weight is 345 g/mol. The second-order valence-corrected chi connectivity index (χ2v) is 6.56. The molecule has 1 atom stereocenters. The van der Waals surface area contributed by atoms with Crippen LogP contribution in [0.5, 0.6) is 0 Å². The second-order valence-electron chi connectivity index (χ2n) is 4.42. The molecule has 1 aromatic carbocycles. The van der Waals surface area contributed by atoms with Gasteiger partial charge in [0.15, 0.2) is 0 Å². The molecule has 0 fully saturated rings. The van der Waals surface area contributed by atoms with E-state index >= 15 is 0 Å². The molecule has 1 nitrogen and oxygen atoms in total. The highest BCUT2D eigenvalue weighted by Gasteiger charge is 2.11. The lowest BCUT2D eigenvalue weighted by atomic mass is 9.97. The Bertz CT molecular complexity index is 512. The van der Waals surface area contributed by atoms with Gasteiger partial charge in [-0.2, -0.15) is 0 Å². The molecular weight excluding hydrogens is 330 g/mol. The highest BCUT2D eigenvalue weighted by Crippen LogP contribution is 2.20. The zero-order valence-corrected chi connectivity index (χ0v) is 13.4. The second kappa shape index (κ2) is 6.69. The molecule has 0 N–H and O–H groups in total. The summed E-state index contributed by atoms with van der Waals surface area (Å²) in [5, 5.41) is 5.09. The van der Waals surface area contributed by atoms with E-state index in [0.717, 1.165) is 28.2 Å². The fourth-order valence-electron chi connectivity index (χ4n) is 1.98. The number of alkyl halides is 1. The first-order valence-corrected chi connectivity index (χ1v) is 8.26. The van der Waals surface area contributed by atoms with Gasteiger partial charge in [0.1, 0.15) is 0 Å². The Morgan fingerprint density at radius 3 is 2.83 bits per heavy atom. The van der Waals surface area contributed by atoms with E-state index in [2.05, 4.69) is 32.4 Å². The number of benzene rings is 1. The van der Waals surface area contributed by atoms with Gasteiger partial charge in [-0.25, -0.2) is 4.98 Å². The lowest BCUT2D eigenvalue weighted by Gasteiger charge is -2.12. The summed E-state index contributed by atoms with van der Waals surface area (Å²) in [5.41, 5.74) is 2.49. The van der Waals surface area contributed by atoms with E-state index in [4.69, 9.17) is 11.6 Å². The SMILES string of the molecule is Cc1nc(CC(CBr)Cc2cccc(Cl)c2)cs1. The fourth-order valence-corrected chi connectivity index (χ4v) is 3.27. The minimum absolute atomic E-state index is 0.560. The Kier molecular flexibility index (Phi) is 5.22. The van der Waals surface area contributed by atoms with E-state index in [9.17, 15) is 0 Å². The van der Waals surface area contributed by atoms with Gasteiger partial charge < -0.3 is 0 Å². The van der Waals surface area contributed by atoms with Crippen LogP contribution in [0.15, 0.2) is 29.6 Å². The summed E-state index contributed by atoms with van der Waals surface area (Å²) in [5.74, 6) is 0.560. The van der Waals surface area contributed by atoms with Crippen LogP contribution in [0.3, 0.4) is 0 Å². The van der Waals surface area contributed by atoms with Crippen molar-refractivity contribution in [2.75, 3.05) is 5.33 Å². The van der Waals surface area contributed by atoms with Crippen molar-refractivity contribution < 1.29 is 0 Å². The lowest BCUT2D eigenvalue weighted by Crippen LogP contribution is -2.10. The number of nitrogens with zero attached hydrogens (tertiary/aromatic N) is 1. The molecule has 0 saturated heterocycles. The largest absolute Gasteiger partial charge is 0.247 e. The Morgan fingerprint density at radius 1 is 1.39 bits per heavy atom. The number of aromatic nitrogens is 1. The molecule has 0 aliphatic rings. The molecule has 0 amide bonds. The highest BCUT2D eigenvalue weighted by atomic mass is 79.9. The maximum Gasteiger partial charge on any atom is 0.0897 e. The van der Waals surface area contributed by atoms with Gasteiger partial charge in [-0.1, -0.05) is 39.7 Å². The maximum absolute atomic E-state index is 6.01. The van der Waals surface area contributed by atoms with Crippen molar-refractivity contribution >= 4 is 38.9 Å². The molecule has 0 bridgehead atoms. The molecule has 1 heterocycles. The van der Waals surface area contributed by atoms with Crippen LogP contribution < -0.4 is 0 Å². The zero-order valence-electron chi connectivity index (χ0n) is 10.2. The van der Waals surface area contributed by atoms with Crippen molar-refractivity contribution in [2.24, 2.45) is 5.92 Å². The van der Waals surface area contributed by atoms with Gasteiger partial charge in [0, 0.05) is 15.7 Å². The number of rotatable bonds is 5. The quantitative estimate of drug-likeness (QED) is 0.703. The molecule has 1 aromatic heterocycles. The summed E-state index contributed by atoms with van der Waals surface area (Å²) in [4.78, 5) is 4.53. The molecule has 0 spiro atoms. The number of aryl methyl sites for hydroxylation is 1. The van der Waals surface area contributed by atoms with Gasteiger partial charge in [0.05, 0.1) is 10.7 Å². The van der Waals surface area contributed by atoms with E-state index < -0.39 is 0 Å². The summed E-state index contributed by atoms with van der Waals surface area (Å²) < 4.78 is 0. The van der Waals surface area contributed by atoms with E-state index in [1.165, 1.54) is 11.3 Å². The Morgan fingerprint density at radius 2 is 2.22 bits per heavy atom. The van der Waals surface area contributed by atoms with Crippen molar-refractivity contribution in [2.45, 2.75) is 19.8 Å². The maximum atomic E-state index is 6.01. The summed E-state index contributed by atoms with van der Waals surface area (Å²) in [6.07, 6.45) is 2.05. The standard InChI is InChI=1S/C14H15BrClNS/c1-10-17-14(9-18-10)7-12(8-15)5-11-3-2-4-13(16)6-11/h2-4,6,9,12H,5,7-8H2,1H3. The number of hydrogen-bond acceptors (Lipinski definition) is 2. The Labute approximate surface area is 125 Å². The van der Waals surface area contributed by atoms with Gasteiger partial charge in [0.2, 0.25) is 0 Å². The highest BCUT2D eigenvalue weighted by molar-refractivity contribution is 9.09. The Balaban J connectivity index is 2.01. The van der Waals surface area contributed by atoms with Gasteiger partial charge in [0.25, 0.3) is 0 Å². The number of halogens is 2. The van der Waals surface area contributed by atoms with Crippen LogP contribution >= 0.6 is 38.9 Å². The molecule has 0 radical (unpaired) electrons. The molecule has 0 aliphatic heterocycles. The Hall–Kier alpha value is -0.380. The van der Waals surface area contributed by atoms with E-state index in [-0.39, 0.29) is 0 Å². The van der Waals surface area contributed by atoms with Crippen LogP contribution in [0.1, 0.15) is 16.3 Å². The molecule has 96 valence electrons. The van der Waals surface area contributed by atoms with Crippen molar-refractivity contribution in [3.8, 4) is 0 Å². The van der Waals surface area contributed by atoms with Crippen molar-refractivity contribution in [3.05, 3.63) is 50.9 Å². The van der Waals surface area contributed by atoms with Gasteiger partial charge in [-0.15, -0.1) is 11.3 Å². The lowest BCUT2D eigenvalue weighted by molar-refractivity contribution is 0.584. The summed E-state index contributed by atoms with van der Waals surface area (Å²) in [6.45, 7) is 2.05. The summed E-state index contributed by atoms with van der Waals surface area (Å²) >= 11 is 11.3. The van der Waals surface area contributed by atoms with Crippen LogP contribution in [-0.2, 0) is 12.8 Å². The topological polar surface area (TPSA) is 12.9 Å². The third kappa shape index (κ3) is 4.08. The normalized spacial score (nSPS) is 12.6. The summed E-state index contributed by atoms with van der Waals surface area (Å²) in [7, 11) is 0. The van der Waals surface area contributed by atoms with Gasteiger partial charge in [-0.3, -0.25) is 0 Å². The van der Waals surface area contributed by atoms with Crippen LogP contribution in [0, 0.1) is 12.8 Å². The third-order valence-electron chi connectivity index (χ3n) is 2.80. The summed E-state index contributed by atoms with van der Waals surface area (Å²) in [6, 6.07) is 8.10. The van der Waals surface area contributed by atoms with Crippen LogP contribution in [0.4, 0.5) is 0 Å². The molecular formula is C14H15BrClNS. The molecule has 4 heteroatoms. The predicted octanol–water partition coefficient (Wildman–Crippen LogP) is 4.90. The van der Waals surface area contributed by atoms with Crippen LogP contribution in [0.25, 0.3) is 0 Å². The first kappa shape index (κ1) is 14.0. The van der Waals surface area contributed by atoms with E-state index in [1.54, 1.807) is 11.3 Å². The first-order chi connectivity index (χ1) is 8.67. The molecule has 0 saturated carbocycles. The molecule has 1 unspecified atom stereocenters. The van der Waals surface area contributed by atoms with E-state index in [1.807, 2.05) is 25.1 Å². The molecule has 2 aromatic rings. The number of hydrogen-bond donors (Lipinski definition) is 0. The monoisotopic (exact) mass is 343 g/mol. The average Bonchev–Trinajstić information content (AvgIpc) is 2.74. The molecule has 18 heavy (non-hydrogen) atoms. The smallest absolute Gasteiger partial charge is 0.0897 e. The van der Waals surface area contributed by atoms with Gasteiger partial charge in [-0.05, 0) is 43.4 Å². The van der Waals surface area contributed by atoms with Crippen molar-refractivity contribution in [1.29, 1.82) is 0 Å². The minimum Gasteiger partial charge on any atom is -0.247 e. The zero-order chi connectivity index (χ0) is 13.0. The fraction of sp³-hybridized carbons (Fsp3) is 0.357. The minimum atomic E-state index is 0.560. The van der Waals surface area contributed by atoms with Crippen molar-refractivity contribution in [1.82, 2.24) is 4.98 Å². The number of thiazole rings is 1. The van der Waals surface area contributed by atoms with Gasteiger partial charge >= 0.3 is 0 Å².